The molecule has 8 fully saturated rings. The number of aromatic nitrogens is 4. The summed E-state index contributed by atoms with van der Waals surface area (Å²) >= 11 is 0. The molecule has 0 spiro atoms. The number of Topliss-reactive ketones (excluding diaryl/α,β-unsaturated/α-hetero) is 2. The van der Waals surface area contributed by atoms with Crippen molar-refractivity contribution in [2.24, 2.45) is 67.4 Å². The first-order chi connectivity index (χ1) is 45.2. The van der Waals surface area contributed by atoms with E-state index < -0.39 is 106 Å². The van der Waals surface area contributed by atoms with Gasteiger partial charge in [0, 0.05) is 76.4 Å². The van der Waals surface area contributed by atoms with Crippen molar-refractivity contribution >= 4 is 33.0 Å². The van der Waals surface area contributed by atoms with E-state index >= 15 is 9.13 Å². The van der Waals surface area contributed by atoms with Gasteiger partial charge in [0.2, 0.25) is 0 Å². The molecule has 30 heteroatoms. The van der Waals surface area contributed by atoms with Crippen LogP contribution in [0.2, 0.25) is 0 Å². The van der Waals surface area contributed by atoms with Crippen molar-refractivity contribution in [1.29, 1.82) is 0 Å². The summed E-state index contributed by atoms with van der Waals surface area (Å²) in [6.45, 7) is 11.2. The molecule has 6 saturated carbocycles. The molecule has 2 aliphatic heterocycles. The molecule has 8 aliphatic carbocycles. The van der Waals surface area contributed by atoms with Crippen molar-refractivity contribution < 1.29 is 55.8 Å². The number of fused-ring (bicyclic) bond motifs is 10. The maximum atomic E-state index is 15.7. The van der Waals surface area contributed by atoms with Crippen LogP contribution in [0.25, 0.3) is 20.9 Å². The van der Waals surface area contributed by atoms with E-state index in [1.165, 1.54) is 46.7 Å². The van der Waals surface area contributed by atoms with Crippen LogP contribution in [0.4, 0.5) is 0 Å². The summed E-state index contributed by atoms with van der Waals surface area (Å²) in [6, 6.07) is -3.08. The predicted molar refractivity (Wildman–Crippen MR) is 346 cm³/mol. The molecule has 12 rings (SSSR count). The van der Waals surface area contributed by atoms with Gasteiger partial charge in [0.05, 0.1) is 56.8 Å². The Balaban J connectivity index is 0.755. The van der Waals surface area contributed by atoms with Crippen LogP contribution in [0.3, 0.4) is 0 Å². The summed E-state index contributed by atoms with van der Waals surface area (Å²) < 4.78 is 77.2. The van der Waals surface area contributed by atoms with Gasteiger partial charge in [-0.1, -0.05) is 67.6 Å². The molecule has 10 aliphatic rings. The number of ether oxygens (including phenoxy) is 3. The number of nitrogens with zero attached hydrogens (tertiary/aromatic N) is 8. The van der Waals surface area contributed by atoms with E-state index in [0.29, 0.717) is 85.6 Å². The lowest BCUT2D eigenvalue weighted by Gasteiger charge is -2.57. The number of hydrogen-bond donors (Lipinski definition) is 4. The SMILES string of the molecule is COC(=O)C(CCCCNP(=O)(OC[C@H]1O[C@@H](n2cc(C)c(=O)[nH]c2=O)C[C@@H]1N=[N+]=[N-])O[C@H]1CC[C@@]2(C)C(=CC[C@@H]3[C@@H]2CC[C@]2(C)C(=O)CC[C@@H]32)C1)NP(=O)(OC[C@H]1O[C@@H](n2cc(C)c(=O)[nH]c2=O)C[C@@H]1N=[N+]=[N-])O[C@H]1CC[C@@]2(C)C(=CC[C@@H]3[C@@H]2CC[C@]2(C)C(=O)CC[C@@H]32)C1. The number of nitrogens with one attached hydrogen (secondary N) is 4. The average molecular weight is 1360 g/mol. The van der Waals surface area contributed by atoms with Gasteiger partial charge in [0.15, 0.2) is 0 Å². The second-order valence-corrected chi connectivity index (χ2v) is 33.2. The Hall–Kier alpha value is -5.59. The fraction of sp³-hybridized carbons (Fsp3) is 0.769. The van der Waals surface area contributed by atoms with Gasteiger partial charge in [-0.2, -0.15) is 0 Å². The fourth-order valence-corrected chi connectivity index (χ4v) is 22.5. The minimum Gasteiger partial charge on any atom is -0.468 e. The molecule has 0 amide bonds. The largest absolute Gasteiger partial charge is 0.468 e. The van der Waals surface area contributed by atoms with E-state index in [4.69, 9.17) is 32.3 Å². The quantitative estimate of drug-likeness (QED) is 0.0153. The van der Waals surface area contributed by atoms with Crippen molar-refractivity contribution in [1.82, 2.24) is 29.3 Å². The summed E-state index contributed by atoms with van der Waals surface area (Å²) in [6.07, 6.45) is 14.5. The number of H-pyrrole nitrogens is 2. The molecule has 4 N–H and O–H groups in total. The number of rotatable bonds is 23. The van der Waals surface area contributed by atoms with Crippen molar-refractivity contribution in [3.05, 3.63) is 109 Å². The highest BCUT2D eigenvalue weighted by molar-refractivity contribution is 7.52. The maximum absolute atomic E-state index is 15.7. The lowest BCUT2D eigenvalue weighted by Crippen LogP contribution is -2.50. The van der Waals surface area contributed by atoms with Crippen LogP contribution in [-0.4, -0.2) is 106 Å². The van der Waals surface area contributed by atoms with Gasteiger partial charge in [-0.25, -0.2) is 28.9 Å². The monoisotopic (exact) mass is 1360 g/mol. The van der Waals surface area contributed by atoms with Crippen LogP contribution in [0.15, 0.2) is 65.1 Å². The van der Waals surface area contributed by atoms with Crippen LogP contribution in [-0.2, 0) is 55.8 Å². The highest BCUT2D eigenvalue weighted by Crippen LogP contribution is 2.67. The van der Waals surface area contributed by atoms with Gasteiger partial charge in [-0.15, -0.1) is 0 Å². The molecular formula is C65H92N12O16P2. The second kappa shape index (κ2) is 27.3. The first kappa shape index (κ1) is 69.3. The number of hydrogen-bond acceptors (Lipinski definition) is 18. The third kappa shape index (κ3) is 13.3. The Labute approximate surface area is 550 Å². The first-order valence-electron chi connectivity index (χ1n) is 34.2. The Morgan fingerprint density at radius 1 is 0.663 bits per heavy atom. The molecule has 2 saturated heterocycles. The van der Waals surface area contributed by atoms with Crippen LogP contribution in [0.5, 0.6) is 0 Å². The van der Waals surface area contributed by atoms with Gasteiger partial charge in [0.1, 0.15) is 30.1 Å². The lowest BCUT2D eigenvalue weighted by atomic mass is 9.48. The van der Waals surface area contributed by atoms with Crippen LogP contribution >= 0.6 is 15.5 Å². The zero-order valence-electron chi connectivity index (χ0n) is 55.4. The smallest absolute Gasteiger partial charge is 0.406 e. The van der Waals surface area contributed by atoms with E-state index in [0.717, 1.165) is 64.2 Å². The van der Waals surface area contributed by atoms with Gasteiger partial charge in [-0.05, 0) is 174 Å². The molecule has 95 heavy (non-hydrogen) atoms. The number of allylic oxidation sites excluding steroid dienone is 2. The Morgan fingerprint density at radius 2 is 1.11 bits per heavy atom. The third-order valence-electron chi connectivity index (χ3n) is 24.7. The standard InChI is InChI=1S/C65H92N12O16P2/c1-36-32-76(60(83)69-57(36)80)55-30-49(71-74-66)51(90-55)34-88-94(85,92-40-19-23-62(3)38(28-40)11-13-42-44-15-17-53(78)64(44,5)25-21-46(42)62)68-27-9-8-10-48(59(82)87-7)73-95(86,89-35-52-50(72-75-67)31-56(91-52)77-33-37(2)58(81)70-61(77)84)93-41-20-24-63(4)39(29-41)12-14-43-45-16-18-54(79)65(45,6)26-22-47(43)63/h11-12,32-33,40-52,55-56H,8-10,13-31,34-35H2,1-7H3,(H,68,85)(H,73,86)(H,69,80,83)(H,70,81,84)/t40-,41-,42-,43-,44-,45-,46-,47-,48?,49-,50-,51+,52+,55+,56+,62-,63-,64-,65-,94?,95?/m0/s1. The molecule has 4 heterocycles. The molecule has 3 unspecified atom stereocenters. The highest BCUT2D eigenvalue weighted by atomic mass is 31.2. The summed E-state index contributed by atoms with van der Waals surface area (Å²) in [5.74, 6) is 2.18. The van der Waals surface area contributed by atoms with Gasteiger partial charge in [-0.3, -0.25) is 61.2 Å². The van der Waals surface area contributed by atoms with Crippen molar-refractivity contribution in [3.8, 4) is 0 Å². The van der Waals surface area contributed by atoms with Crippen LogP contribution < -0.4 is 32.7 Å². The molecule has 0 aromatic carbocycles. The number of aryl methyl sites for hydroxylation is 2. The Bertz CT molecular complexity index is 3860. The topological polar surface area (TPSA) is 381 Å². The van der Waals surface area contributed by atoms with E-state index in [1.54, 1.807) is 6.92 Å². The molecule has 21 atom stereocenters. The average Bonchev–Trinajstić information content (AvgIpc) is 1.72. The van der Waals surface area contributed by atoms with Crippen molar-refractivity contribution in [2.45, 2.75) is 231 Å². The Kier molecular flexibility index (Phi) is 19.9. The number of esters is 1. The zero-order chi connectivity index (χ0) is 67.6. The van der Waals surface area contributed by atoms with E-state index in [2.05, 4.69) is 80.0 Å². The van der Waals surface area contributed by atoms with E-state index in [1.807, 2.05) is 0 Å². The van der Waals surface area contributed by atoms with Crippen molar-refractivity contribution in [2.75, 3.05) is 26.9 Å². The van der Waals surface area contributed by atoms with Crippen molar-refractivity contribution in [3.63, 3.8) is 0 Å². The summed E-state index contributed by atoms with van der Waals surface area (Å²) in [5.41, 5.74) is 18.7. The minimum atomic E-state index is -4.59. The number of methoxy groups -OCH3 is 1. The van der Waals surface area contributed by atoms with Gasteiger partial charge in [0.25, 0.3) is 11.1 Å². The highest BCUT2D eigenvalue weighted by Gasteiger charge is 2.61. The fourth-order valence-electron chi connectivity index (χ4n) is 19.2. The summed E-state index contributed by atoms with van der Waals surface area (Å²) in [7, 11) is -7.69. The number of carbonyl (C=O) groups is 3. The number of carbonyl (C=O) groups excluding carboxylic acids is 3. The first-order valence-corrected chi connectivity index (χ1v) is 37.3. The number of azide groups is 2. The predicted octanol–water partition coefficient (Wildman–Crippen LogP) is 10.6. The lowest BCUT2D eigenvalue weighted by molar-refractivity contribution is -0.143. The molecule has 0 bridgehead atoms. The van der Waals surface area contributed by atoms with Crippen LogP contribution in [0.1, 0.15) is 186 Å². The summed E-state index contributed by atoms with van der Waals surface area (Å²) in [4.78, 5) is 102. The molecular weight excluding hydrogens is 1270 g/mol. The Morgan fingerprint density at radius 3 is 1.57 bits per heavy atom. The van der Waals surface area contributed by atoms with Gasteiger partial charge >= 0.3 is 32.8 Å². The van der Waals surface area contributed by atoms with E-state index in [9.17, 15) is 44.6 Å². The maximum Gasteiger partial charge on any atom is 0.406 e. The molecule has 0 radical (unpaired) electrons. The zero-order valence-corrected chi connectivity index (χ0v) is 57.2. The molecule has 518 valence electrons. The number of aromatic amines is 2. The molecule has 2 aromatic heterocycles. The third-order valence-corrected chi connectivity index (χ3v) is 28.0. The van der Waals surface area contributed by atoms with E-state index in [-0.39, 0.29) is 78.0 Å². The van der Waals surface area contributed by atoms with Gasteiger partial charge < -0.3 is 14.2 Å². The number of ketones is 2. The minimum absolute atomic E-state index is 0.00484. The summed E-state index contributed by atoms with van der Waals surface area (Å²) in [5, 5.41) is 13.9. The molecule has 2 aromatic rings. The normalized spacial score (nSPS) is 37.8. The molecule has 28 nitrogen and oxygen atoms in total. The van der Waals surface area contributed by atoms with Crippen LogP contribution in [0, 0.1) is 71.0 Å². The number of unbranched alkanes of at least 4 members (excludes halogenated alkanes) is 1. The second-order valence-electron chi connectivity index (χ2n) is 29.7.